The van der Waals surface area contributed by atoms with Crippen LogP contribution in [0.25, 0.3) is 43.1 Å². The van der Waals surface area contributed by atoms with E-state index >= 15 is 0 Å². The van der Waals surface area contributed by atoms with Crippen molar-refractivity contribution in [1.29, 1.82) is 0 Å². The summed E-state index contributed by atoms with van der Waals surface area (Å²) in [7, 11) is 8.30. The van der Waals surface area contributed by atoms with Gasteiger partial charge in [0, 0.05) is 83.3 Å². The van der Waals surface area contributed by atoms with Gasteiger partial charge in [0.1, 0.15) is 0 Å². The Balaban J connectivity index is 1.32. The molecule has 1 aliphatic carbocycles. The molecule has 2 aliphatic heterocycles. The summed E-state index contributed by atoms with van der Waals surface area (Å²) in [6.07, 6.45) is -2.36. The van der Waals surface area contributed by atoms with E-state index in [0.29, 0.717) is 23.6 Å². The number of rotatable bonds is 2. The Labute approximate surface area is 267 Å². The Kier molecular flexibility index (Phi) is 5.55. The maximum Gasteiger partial charge on any atom is 0.0897 e. The van der Waals surface area contributed by atoms with Gasteiger partial charge in [-0.1, -0.05) is 48.5 Å². The van der Waals surface area contributed by atoms with E-state index in [1.807, 2.05) is 42.5 Å². The summed E-state index contributed by atoms with van der Waals surface area (Å²) >= 11 is 0. The Morgan fingerprint density at radius 3 is 1.76 bits per heavy atom. The van der Waals surface area contributed by atoms with Crippen LogP contribution < -0.4 is 41.3 Å². The first kappa shape index (κ1) is 27.4. The van der Waals surface area contributed by atoms with Crippen molar-refractivity contribution >= 4 is 77.2 Å². The molecule has 9 rings (SSSR count). The fourth-order valence-corrected chi connectivity index (χ4v) is 9.07. The summed E-state index contributed by atoms with van der Waals surface area (Å²) in [6, 6.07) is 24.3. The highest BCUT2D eigenvalue weighted by Crippen LogP contribution is 2.58. The third-order valence-electron chi connectivity index (χ3n) is 10.9. The minimum absolute atomic E-state index is 0.559. The van der Waals surface area contributed by atoms with Crippen LogP contribution in [0.4, 0.5) is 34.1 Å². The molecule has 0 amide bonds. The molecule has 1 saturated carbocycles. The SMILES string of the molecule is CN1CN(C)c2c3ccccc3c(C3C([O-])C(c4c5c(N)cccc5c5c6c(ccc(N)c46)N(C)CN5C)C3[O-])c3cccc1c23. The lowest BCUT2D eigenvalue weighted by molar-refractivity contribution is -0.535. The van der Waals surface area contributed by atoms with Crippen LogP contribution in [0.2, 0.25) is 0 Å². The summed E-state index contributed by atoms with van der Waals surface area (Å²) < 4.78 is 0. The lowest BCUT2D eigenvalue weighted by Crippen LogP contribution is -2.63. The van der Waals surface area contributed by atoms with Gasteiger partial charge in [-0.25, -0.2) is 0 Å². The Bertz CT molecular complexity index is 2270. The van der Waals surface area contributed by atoms with Crippen LogP contribution in [-0.2, 0) is 0 Å². The van der Waals surface area contributed by atoms with Crippen LogP contribution in [0.5, 0.6) is 0 Å². The van der Waals surface area contributed by atoms with Crippen LogP contribution in [0.3, 0.4) is 0 Å². The number of anilines is 6. The fraction of sp³-hybridized carbons (Fsp3) is 0.263. The molecule has 0 saturated heterocycles. The van der Waals surface area contributed by atoms with Crippen LogP contribution >= 0.6 is 0 Å². The van der Waals surface area contributed by atoms with Crippen LogP contribution in [-0.4, -0.2) is 53.7 Å². The second-order valence-corrected chi connectivity index (χ2v) is 13.5. The van der Waals surface area contributed by atoms with E-state index in [0.717, 1.165) is 78.1 Å². The summed E-state index contributed by atoms with van der Waals surface area (Å²) in [5.41, 5.74) is 20.6. The number of nitrogens with two attached hydrogens (primary N) is 2. The summed E-state index contributed by atoms with van der Waals surface area (Å²) in [6.45, 7) is 1.44. The average molecular weight is 609 g/mol. The zero-order chi connectivity index (χ0) is 31.8. The molecule has 0 bridgehead atoms. The van der Waals surface area contributed by atoms with Gasteiger partial charge in [0.05, 0.1) is 24.7 Å². The van der Waals surface area contributed by atoms with E-state index in [1.54, 1.807) is 0 Å². The Morgan fingerprint density at radius 2 is 1.04 bits per heavy atom. The number of nitrogen functional groups attached to an aromatic ring is 2. The van der Waals surface area contributed by atoms with Gasteiger partial charge in [0.15, 0.2) is 0 Å². The highest BCUT2D eigenvalue weighted by molar-refractivity contribution is 6.24. The fourth-order valence-electron chi connectivity index (χ4n) is 9.07. The molecule has 232 valence electrons. The first-order valence-corrected chi connectivity index (χ1v) is 15.9. The second kappa shape index (κ2) is 9.31. The zero-order valence-corrected chi connectivity index (χ0v) is 26.4. The van der Waals surface area contributed by atoms with Crippen molar-refractivity contribution in [2.75, 3.05) is 72.6 Å². The minimum atomic E-state index is -1.18. The number of benzene rings is 6. The van der Waals surface area contributed by atoms with Gasteiger partial charge in [-0.05, 0) is 58.0 Å². The smallest absolute Gasteiger partial charge is 0.0897 e. The van der Waals surface area contributed by atoms with Gasteiger partial charge in [-0.15, -0.1) is 12.2 Å². The summed E-state index contributed by atoms with van der Waals surface area (Å²) in [5, 5.41) is 37.4. The average Bonchev–Trinajstić information content (AvgIpc) is 3.03. The molecule has 0 spiro atoms. The predicted octanol–water partition coefficient (Wildman–Crippen LogP) is 4.49. The van der Waals surface area contributed by atoms with Crippen molar-refractivity contribution in [2.24, 2.45) is 0 Å². The number of fused-ring (bicyclic) bond motifs is 4. The third-order valence-corrected chi connectivity index (χ3v) is 10.9. The van der Waals surface area contributed by atoms with Gasteiger partial charge in [0.2, 0.25) is 0 Å². The first-order chi connectivity index (χ1) is 22.2. The van der Waals surface area contributed by atoms with Crippen molar-refractivity contribution in [3.63, 3.8) is 0 Å². The molecule has 2 unspecified atom stereocenters. The van der Waals surface area contributed by atoms with Crippen molar-refractivity contribution in [2.45, 2.75) is 24.0 Å². The highest BCUT2D eigenvalue weighted by Gasteiger charge is 2.43. The zero-order valence-electron chi connectivity index (χ0n) is 26.4. The molecule has 0 aromatic heterocycles. The van der Waals surface area contributed by atoms with Crippen LogP contribution in [0, 0.1) is 0 Å². The number of hydrogen-bond donors (Lipinski definition) is 2. The first-order valence-electron chi connectivity index (χ1n) is 15.9. The van der Waals surface area contributed by atoms with E-state index < -0.39 is 24.0 Å². The van der Waals surface area contributed by atoms with E-state index in [1.165, 1.54) is 0 Å². The van der Waals surface area contributed by atoms with Crippen LogP contribution in [0.15, 0.2) is 72.8 Å². The molecular formula is C38H36N6O2-2. The molecule has 6 aromatic carbocycles. The van der Waals surface area contributed by atoms with Gasteiger partial charge >= 0.3 is 0 Å². The Morgan fingerprint density at radius 1 is 0.500 bits per heavy atom. The van der Waals surface area contributed by atoms with E-state index in [-0.39, 0.29) is 0 Å². The molecule has 1 fully saturated rings. The number of hydrogen-bond acceptors (Lipinski definition) is 8. The lowest BCUT2D eigenvalue weighted by atomic mass is 9.60. The largest absolute Gasteiger partial charge is 0.851 e. The van der Waals surface area contributed by atoms with Crippen LogP contribution in [0.1, 0.15) is 23.0 Å². The maximum absolute atomic E-state index is 14.9. The predicted molar refractivity (Wildman–Crippen MR) is 188 cm³/mol. The minimum Gasteiger partial charge on any atom is -0.851 e. The van der Waals surface area contributed by atoms with Crippen molar-refractivity contribution in [1.82, 2.24) is 0 Å². The molecule has 2 atom stereocenters. The molecule has 46 heavy (non-hydrogen) atoms. The van der Waals surface area contributed by atoms with E-state index in [9.17, 15) is 10.2 Å². The van der Waals surface area contributed by atoms with Crippen molar-refractivity contribution in [3.8, 4) is 0 Å². The van der Waals surface area contributed by atoms with E-state index in [4.69, 9.17) is 11.5 Å². The van der Waals surface area contributed by atoms with E-state index in [2.05, 4.69) is 78.1 Å². The second-order valence-electron chi connectivity index (χ2n) is 13.5. The normalized spacial score (nSPS) is 22.4. The summed E-state index contributed by atoms with van der Waals surface area (Å²) in [4.78, 5) is 8.86. The number of nitrogens with zero attached hydrogens (tertiary/aromatic N) is 4. The molecule has 8 heteroatoms. The molecule has 3 aliphatic rings. The molecule has 0 radical (unpaired) electrons. The maximum atomic E-state index is 14.9. The topological polar surface area (TPSA) is 111 Å². The third kappa shape index (κ3) is 3.30. The highest BCUT2D eigenvalue weighted by atomic mass is 16.3. The summed E-state index contributed by atoms with van der Waals surface area (Å²) in [5.74, 6) is -1.54. The van der Waals surface area contributed by atoms with Gasteiger partial charge < -0.3 is 41.3 Å². The van der Waals surface area contributed by atoms with Gasteiger partial charge in [-0.3, -0.25) is 0 Å². The molecular weight excluding hydrogens is 572 g/mol. The quantitative estimate of drug-likeness (QED) is 0.219. The van der Waals surface area contributed by atoms with Gasteiger partial charge in [0.25, 0.3) is 0 Å². The van der Waals surface area contributed by atoms with Gasteiger partial charge in [-0.2, -0.15) is 0 Å². The monoisotopic (exact) mass is 608 g/mol. The standard InChI is InChI=1S/C38H36N6O2/c1-41-17-43(3)35-20-10-6-5-9-19(20)27(21-11-8-14-25(41)29(21)35)33-37(45)34(38(33)46)32-28-22(12-7-13-23(28)39)36-31-26(42(2)18-44(36)4)16-15-24(40)30(31)32/h5-16,33-34,37-38H,17-18,39-40H2,1-4H3/q-2. The van der Waals surface area contributed by atoms with Crippen molar-refractivity contribution < 1.29 is 10.2 Å². The molecule has 8 nitrogen and oxygen atoms in total. The molecule has 4 N–H and O–H groups in total. The molecule has 6 aromatic rings. The Hall–Kier alpha value is -4.92. The molecule has 2 heterocycles. The van der Waals surface area contributed by atoms with Crippen molar-refractivity contribution in [3.05, 3.63) is 83.9 Å². The lowest BCUT2D eigenvalue weighted by Gasteiger charge is -2.62.